The summed E-state index contributed by atoms with van der Waals surface area (Å²) in [6.45, 7) is 0. The van der Waals surface area contributed by atoms with E-state index in [0.717, 1.165) is 5.57 Å². The van der Waals surface area contributed by atoms with E-state index in [1.165, 1.54) is 37.1 Å². The molecule has 21 heavy (non-hydrogen) atoms. The van der Waals surface area contributed by atoms with Gasteiger partial charge in [-0.1, -0.05) is 12.2 Å². The molecule has 0 saturated heterocycles. The molecule has 1 aromatic carbocycles. The second-order valence-corrected chi connectivity index (χ2v) is 5.82. The molecule has 3 rings (SSSR count). The van der Waals surface area contributed by atoms with Gasteiger partial charge in [0.1, 0.15) is 5.82 Å². The van der Waals surface area contributed by atoms with Crippen LogP contribution in [0.5, 0.6) is 0 Å². The number of benzene rings is 1. The molecule has 1 aromatic rings. The Balaban J connectivity index is 2.04. The third kappa shape index (κ3) is 2.56. The molecule has 106 valence electrons. The van der Waals surface area contributed by atoms with Crippen molar-refractivity contribution in [1.29, 1.82) is 0 Å². The molecule has 1 aliphatic carbocycles. The minimum absolute atomic E-state index is 0.167. The van der Waals surface area contributed by atoms with E-state index in [-0.39, 0.29) is 11.0 Å². The van der Waals surface area contributed by atoms with Crippen LogP contribution in [0.3, 0.4) is 0 Å². The molecule has 0 saturated carbocycles. The summed E-state index contributed by atoms with van der Waals surface area (Å²) in [4.78, 5) is 24.5. The lowest BCUT2D eigenvalue weighted by atomic mass is 9.99. The van der Waals surface area contributed by atoms with E-state index >= 15 is 0 Å². The largest absolute Gasteiger partial charge is 0.465 e. The normalized spacial score (nSPS) is 19.9. The van der Waals surface area contributed by atoms with Crippen LogP contribution in [0, 0.1) is 5.82 Å². The van der Waals surface area contributed by atoms with E-state index in [1.54, 1.807) is 24.3 Å². The van der Waals surface area contributed by atoms with Crippen molar-refractivity contribution in [2.45, 2.75) is 10.1 Å². The summed E-state index contributed by atoms with van der Waals surface area (Å²) in [7, 11) is 1.32. The maximum absolute atomic E-state index is 13.3. The lowest BCUT2D eigenvalue weighted by Crippen LogP contribution is -2.12. The third-order valence-corrected chi connectivity index (χ3v) is 4.57. The Morgan fingerprint density at radius 1 is 1.33 bits per heavy atom. The molecule has 1 aliphatic heterocycles. The first-order chi connectivity index (χ1) is 10.1. The zero-order chi connectivity index (χ0) is 15.0. The van der Waals surface area contributed by atoms with Gasteiger partial charge in [0.15, 0.2) is 5.78 Å². The van der Waals surface area contributed by atoms with Crippen LogP contribution in [-0.2, 0) is 9.53 Å². The Kier molecular flexibility index (Phi) is 3.51. The fraction of sp³-hybridized carbons (Fsp3) is 0.125. The van der Waals surface area contributed by atoms with Crippen molar-refractivity contribution in [2.24, 2.45) is 0 Å². The Morgan fingerprint density at radius 3 is 2.90 bits per heavy atom. The van der Waals surface area contributed by atoms with Crippen LogP contribution in [0.1, 0.15) is 10.4 Å². The number of thioether (sulfide) groups is 1. The molecule has 0 radical (unpaired) electrons. The summed E-state index contributed by atoms with van der Waals surface area (Å²) in [6.07, 6.45) is 6.60. The average Bonchev–Trinajstić information content (AvgIpc) is 2.62. The highest BCUT2D eigenvalue weighted by Gasteiger charge is 2.25. The summed E-state index contributed by atoms with van der Waals surface area (Å²) in [5, 5.41) is -0.167. The van der Waals surface area contributed by atoms with Crippen molar-refractivity contribution in [3.8, 4) is 0 Å². The second kappa shape index (κ2) is 5.33. The number of allylic oxidation sites excluding steroid dienone is 2. The summed E-state index contributed by atoms with van der Waals surface area (Å²) in [5.74, 6) is -1.08. The van der Waals surface area contributed by atoms with E-state index in [1.807, 2.05) is 0 Å². The van der Waals surface area contributed by atoms with Gasteiger partial charge < -0.3 is 4.74 Å². The predicted octanol–water partition coefficient (Wildman–Crippen LogP) is 3.08. The quantitative estimate of drug-likeness (QED) is 0.748. The van der Waals surface area contributed by atoms with Crippen molar-refractivity contribution >= 4 is 23.5 Å². The number of esters is 1. The zero-order valence-electron chi connectivity index (χ0n) is 11.1. The van der Waals surface area contributed by atoms with Crippen LogP contribution in [0.2, 0.25) is 0 Å². The number of carbonyl (C=O) groups excluding carboxylic acids is 2. The van der Waals surface area contributed by atoms with Gasteiger partial charge in [0, 0.05) is 10.5 Å². The SMILES string of the molecule is COC(=O)C1=CC2Sc3ccc(F)cc3C(=O)C=C2C=C1. The summed E-state index contributed by atoms with van der Waals surface area (Å²) in [6, 6.07) is 4.16. The molecule has 0 bridgehead atoms. The van der Waals surface area contributed by atoms with Gasteiger partial charge >= 0.3 is 5.97 Å². The predicted molar refractivity (Wildman–Crippen MR) is 77.7 cm³/mol. The van der Waals surface area contributed by atoms with Gasteiger partial charge in [0.25, 0.3) is 0 Å². The Hall–Kier alpha value is -2.14. The van der Waals surface area contributed by atoms with Crippen molar-refractivity contribution < 1.29 is 18.7 Å². The number of halogens is 1. The summed E-state index contributed by atoms with van der Waals surface area (Å²) < 4.78 is 18.0. The summed E-state index contributed by atoms with van der Waals surface area (Å²) in [5.41, 5.74) is 1.59. The molecule has 1 atom stereocenters. The highest BCUT2D eigenvalue weighted by Crippen LogP contribution is 2.38. The van der Waals surface area contributed by atoms with Crippen LogP contribution in [0.15, 0.2) is 58.5 Å². The first-order valence-electron chi connectivity index (χ1n) is 6.29. The van der Waals surface area contributed by atoms with Crippen molar-refractivity contribution in [1.82, 2.24) is 0 Å². The number of carbonyl (C=O) groups is 2. The van der Waals surface area contributed by atoms with Gasteiger partial charge in [0.2, 0.25) is 0 Å². The van der Waals surface area contributed by atoms with Gasteiger partial charge in [-0.2, -0.15) is 0 Å². The molecule has 1 unspecified atom stereocenters. The third-order valence-electron chi connectivity index (χ3n) is 3.29. The summed E-state index contributed by atoms with van der Waals surface area (Å²) >= 11 is 1.41. The molecule has 3 nitrogen and oxygen atoms in total. The molecule has 0 amide bonds. The van der Waals surface area contributed by atoms with Crippen LogP contribution < -0.4 is 0 Å². The minimum Gasteiger partial charge on any atom is -0.465 e. The molecular weight excluding hydrogens is 291 g/mol. The highest BCUT2D eigenvalue weighted by atomic mass is 32.2. The average molecular weight is 302 g/mol. The molecule has 5 heteroatoms. The van der Waals surface area contributed by atoms with E-state index < -0.39 is 11.8 Å². The Bertz CT molecular complexity index is 731. The van der Waals surface area contributed by atoms with Crippen molar-refractivity contribution in [2.75, 3.05) is 7.11 Å². The smallest absolute Gasteiger partial charge is 0.337 e. The van der Waals surface area contributed by atoms with Crippen molar-refractivity contribution in [3.05, 3.63) is 65.0 Å². The van der Waals surface area contributed by atoms with E-state index in [2.05, 4.69) is 0 Å². The minimum atomic E-state index is -0.438. The van der Waals surface area contributed by atoms with Crippen LogP contribution in [0.25, 0.3) is 0 Å². The molecule has 0 aromatic heterocycles. The maximum Gasteiger partial charge on any atom is 0.337 e. The molecule has 0 fully saturated rings. The highest BCUT2D eigenvalue weighted by molar-refractivity contribution is 8.00. The van der Waals surface area contributed by atoms with E-state index in [9.17, 15) is 14.0 Å². The molecule has 1 heterocycles. The van der Waals surface area contributed by atoms with Crippen LogP contribution in [-0.4, -0.2) is 24.1 Å². The Labute approximate surface area is 125 Å². The number of hydrogen-bond donors (Lipinski definition) is 0. The Morgan fingerprint density at radius 2 is 2.14 bits per heavy atom. The number of fused-ring (bicyclic) bond motifs is 2. The lowest BCUT2D eigenvalue weighted by molar-refractivity contribution is -0.135. The number of methoxy groups -OCH3 is 1. The van der Waals surface area contributed by atoms with Gasteiger partial charge in [-0.15, -0.1) is 11.8 Å². The van der Waals surface area contributed by atoms with Gasteiger partial charge in [-0.3, -0.25) is 4.79 Å². The number of ketones is 1. The van der Waals surface area contributed by atoms with Gasteiger partial charge in [-0.05, 0) is 35.9 Å². The van der Waals surface area contributed by atoms with Crippen LogP contribution in [0.4, 0.5) is 4.39 Å². The zero-order valence-corrected chi connectivity index (χ0v) is 11.9. The van der Waals surface area contributed by atoms with E-state index in [4.69, 9.17) is 4.74 Å². The van der Waals surface area contributed by atoms with Gasteiger partial charge in [0.05, 0.1) is 17.9 Å². The van der Waals surface area contributed by atoms with Gasteiger partial charge in [-0.25, -0.2) is 9.18 Å². The first kappa shape index (κ1) is 13.8. The molecule has 2 aliphatic rings. The first-order valence-corrected chi connectivity index (χ1v) is 7.17. The maximum atomic E-state index is 13.3. The number of ether oxygens (including phenoxy) is 1. The fourth-order valence-electron chi connectivity index (χ4n) is 2.25. The lowest BCUT2D eigenvalue weighted by Gasteiger charge is -2.17. The number of rotatable bonds is 1. The second-order valence-electron chi connectivity index (χ2n) is 4.63. The number of hydrogen-bond acceptors (Lipinski definition) is 4. The fourth-order valence-corrected chi connectivity index (χ4v) is 3.45. The van der Waals surface area contributed by atoms with Crippen LogP contribution >= 0.6 is 11.8 Å². The standard InChI is InChI=1S/C16H11FO3S/c1-20-16(19)10-3-2-9-6-13(18)12-8-11(17)4-5-14(12)21-15(9)7-10/h2-8,15H,1H3. The topological polar surface area (TPSA) is 43.4 Å². The monoisotopic (exact) mass is 302 g/mol. The van der Waals surface area contributed by atoms with Crippen molar-refractivity contribution in [3.63, 3.8) is 0 Å². The van der Waals surface area contributed by atoms with E-state index in [0.29, 0.717) is 16.0 Å². The molecule has 0 spiro atoms. The molecular formula is C16H11FO3S. The molecule has 0 N–H and O–H groups in total.